The van der Waals surface area contributed by atoms with Crippen LogP contribution >= 0.6 is 0 Å². The van der Waals surface area contributed by atoms with Gasteiger partial charge >= 0.3 is 0 Å². The summed E-state index contributed by atoms with van der Waals surface area (Å²) in [4.78, 5) is 0. The fourth-order valence-electron chi connectivity index (χ4n) is 2.49. The fourth-order valence-corrected chi connectivity index (χ4v) is 2.49. The van der Waals surface area contributed by atoms with E-state index in [1.807, 2.05) is 30.3 Å². The molecule has 0 unspecified atom stereocenters. The topological polar surface area (TPSA) is 18.5 Å². The van der Waals surface area contributed by atoms with Gasteiger partial charge < -0.3 is 9.47 Å². The third-order valence-corrected chi connectivity index (χ3v) is 3.92. The van der Waals surface area contributed by atoms with Crippen LogP contribution in [-0.4, -0.2) is 19.8 Å². The summed E-state index contributed by atoms with van der Waals surface area (Å²) in [7, 11) is 0. The molecule has 0 atom stereocenters. The van der Waals surface area contributed by atoms with Crippen LogP contribution in [0, 0.1) is 0 Å². The molecular weight excluding hydrogens is 322 g/mol. The smallest absolute Gasteiger partial charge is 0.296 e. The molecule has 0 aliphatic rings. The van der Waals surface area contributed by atoms with Crippen molar-refractivity contribution in [3.8, 4) is 0 Å². The number of halogens is 2. The minimum Gasteiger partial charge on any atom is -0.377 e. The minimum atomic E-state index is -2.92. The number of unbranched alkanes of at least 4 members (excludes halogenated alkanes) is 3. The molecule has 0 saturated heterocycles. The first-order chi connectivity index (χ1) is 12.2. The molecule has 0 aliphatic carbocycles. The Morgan fingerprint density at radius 2 is 1.24 bits per heavy atom. The molecular formula is C21H26F2O2. The van der Waals surface area contributed by atoms with E-state index in [-0.39, 0.29) is 5.56 Å². The maximum Gasteiger partial charge on any atom is 0.296 e. The van der Waals surface area contributed by atoms with Crippen LogP contribution in [0.25, 0.3) is 0 Å². The molecule has 136 valence electrons. The SMILES string of the molecule is FC(F)(COCCCCCCOCc1ccccc1)c1ccccc1. The minimum absolute atomic E-state index is 0.00515. The van der Waals surface area contributed by atoms with Crippen LogP contribution in [0.5, 0.6) is 0 Å². The Hall–Kier alpha value is -1.78. The first kappa shape index (κ1) is 19.5. The van der Waals surface area contributed by atoms with E-state index in [4.69, 9.17) is 9.47 Å². The van der Waals surface area contributed by atoms with Crippen molar-refractivity contribution in [1.29, 1.82) is 0 Å². The third-order valence-electron chi connectivity index (χ3n) is 3.92. The highest BCUT2D eigenvalue weighted by molar-refractivity contribution is 5.19. The van der Waals surface area contributed by atoms with Crippen LogP contribution in [0.4, 0.5) is 8.78 Å². The van der Waals surface area contributed by atoms with E-state index in [1.165, 1.54) is 17.7 Å². The van der Waals surface area contributed by atoms with Crippen molar-refractivity contribution in [1.82, 2.24) is 0 Å². The van der Waals surface area contributed by atoms with E-state index in [2.05, 4.69) is 0 Å². The third kappa shape index (κ3) is 7.76. The summed E-state index contributed by atoms with van der Waals surface area (Å²) in [6, 6.07) is 17.9. The second-order valence-electron chi connectivity index (χ2n) is 6.08. The van der Waals surface area contributed by atoms with Gasteiger partial charge in [-0.3, -0.25) is 0 Å². The molecule has 0 aliphatic heterocycles. The standard InChI is InChI=1S/C21H26F2O2/c22-21(23,20-13-7-4-8-14-20)18-25-16-10-2-1-9-15-24-17-19-11-5-3-6-12-19/h3-8,11-14H,1-2,9-10,15-18H2. The molecule has 0 aromatic heterocycles. The number of alkyl halides is 2. The molecule has 0 fully saturated rings. The van der Waals surface area contributed by atoms with E-state index in [0.717, 1.165) is 32.3 Å². The zero-order valence-electron chi connectivity index (χ0n) is 14.5. The molecule has 0 spiro atoms. The van der Waals surface area contributed by atoms with Crippen molar-refractivity contribution in [3.05, 3.63) is 71.8 Å². The van der Waals surface area contributed by atoms with Crippen LogP contribution < -0.4 is 0 Å². The molecule has 0 amide bonds. The molecule has 2 nitrogen and oxygen atoms in total. The summed E-state index contributed by atoms with van der Waals surface area (Å²) in [6.07, 6.45) is 3.76. The van der Waals surface area contributed by atoms with Crippen molar-refractivity contribution in [2.45, 2.75) is 38.2 Å². The summed E-state index contributed by atoms with van der Waals surface area (Å²) in [6.45, 7) is 1.17. The van der Waals surface area contributed by atoms with E-state index < -0.39 is 12.5 Å². The monoisotopic (exact) mass is 348 g/mol. The number of benzene rings is 2. The van der Waals surface area contributed by atoms with E-state index in [9.17, 15) is 8.78 Å². The Morgan fingerprint density at radius 1 is 0.680 bits per heavy atom. The van der Waals surface area contributed by atoms with Crippen molar-refractivity contribution in [3.63, 3.8) is 0 Å². The predicted octanol–water partition coefficient (Wildman–Crippen LogP) is 5.57. The molecule has 2 aromatic carbocycles. The van der Waals surface area contributed by atoms with Gasteiger partial charge in [-0.1, -0.05) is 73.5 Å². The van der Waals surface area contributed by atoms with E-state index in [0.29, 0.717) is 13.2 Å². The Labute approximate surface area is 148 Å². The molecule has 0 radical (unpaired) electrons. The van der Waals surface area contributed by atoms with E-state index in [1.54, 1.807) is 18.2 Å². The quantitative estimate of drug-likeness (QED) is 0.467. The van der Waals surface area contributed by atoms with Crippen LogP contribution in [0.1, 0.15) is 36.8 Å². The van der Waals surface area contributed by atoms with Crippen molar-refractivity contribution >= 4 is 0 Å². The van der Waals surface area contributed by atoms with Gasteiger partial charge in [0.15, 0.2) is 0 Å². The average Bonchev–Trinajstić information content (AvgIpc) is 2.65. The zero-order valence-corrected chi connectivity index (χ0v) is 14.5. The van der Waals surface area contributed by atoms with Gasteiger partial charge in [-0.25, -0.2) is 0 Å². The van der Waals surface area contributed by atoms with Crippen LogP contribution in [-0.2, 0) is 22.0 Å². The average molecular weight is 348 g/mol. The Bertz CT molecular complexity index is 573. The molecule has 25 heavy (non-hydrogen) atoms. The van der Waals surface area contributed by atoms with Crippen molar-refractivity contribution < 1.29 is 18.3 Å². The highest BCUT2D eigenvalue weighted by Crippen LogP contribution is 2.27. The second-order valence-corrected chi connectivity index (χ2v) is 6.08. The summed E-state index contributed by atoms with van der Waals surface area (Å²) >= 11 is 0. The molecule has 2 aromatic rings. The van der Waals surface area contributed by atoms with Gasteiger partial charge in [0, 0.05) is 18.8 Å². The lowest BCUT2D eigenvalue weighted by atomic mass is 10.1. The fraction of sp³-hybridized carbons (Fsp3) is 0.429. The van der Waals surface area contributed by atoms with Gasteiger partial charge in [-0.15, -0.1) is 0 Å². The molecule has 0 bridgehead atoms. The van der Waals surface area contributed by atoms with Gasteiger partial charge in [0.2, 0.25) is 0 Å². The molecule has 4 heteroatoms. The Kier molecular flexibility index (Phi) is 8.56. The number of hydrogen-bond acceptors (Lipinski definition) is 2. The van der Waals surface area contributed by atoms with Gasteiger partial charge in [-0.05, 0) is 18.4 Å². The lowest BCUT2D eigenvalue weighted by Gasteiger charge is -2.16. The summed E-state index contributed by atoms with van der Waals surface area (Å²) in [5.74, 6) is -2.92. The first-order valence-corrected chi connectivity index (χ1v) is 8.81. The second kappa shape index (κ2) is 11.0. The Morgan fingerprint density at radius 3 is 1.88 bits per heavy atom. The molecule has 0 N–H and O–H groups in total. The molecule has 0 heterocycles. The first-order valence-electron chi connectivity index (χ1n) is 8.81. The van der Waals surface area contributed by atoms with Crippen molar-refractivity contribution in [2.75, 3.05) is 19.8 Å². The molecule has 2 rings (SSSR count). The van der Waals surface area contributed by atoms with Crippen molar-refractivity contribution in [2.24, 2.45) is 0 Å². The summed E-state index contributed by atoms with van der Waals surface area (Å²) < 4.78 is 38.5. The van der Waals surface area contributed by atoms with E-state index >= 15 is 0 Å². The zero-order chi connectivity index (χ0) is 17.8. The normalized spacial score (nSPS) is 11.6. The maximum atomic E-state index is 13.9. The summed E-state index contributed by atoms with van der Waals surface area (Å²) in [5.41, 5.74) is 1.18. The lowest BCUT2D eigenvalue weighted by molar-refractivity contribution is -0.0831. The van der Waals surface area contributed by atoms with Gasteiger partial charge in [0.05, 0.1) is 6.61 Å². The highest BCUT2D eigenvalue weighted by atomic mass is 19.3. The number of rotatable bonds is 12. The predicted molar refractivity (Wildman–Crippen MR) is 95.7 cm³/mol. The highest BCUT2D eigenvalue weighted by Gasteiger charge is 2.31. The van der Waals surface area contributed by atoms with Crippen LogP contribution in [0.15, 0.2) is 60.7 Å². The lowest BCUT2D eigenvalue weighted by Crippen LogP contribution is -2.21. The Balaban J connectivity index is 1.44. The number of ether oxygens (including phenoxy) is 2. The largest absolute Gasteiger partial charge is 0.377 e. The van der Waals surface area contributed by atoms with Crippen LogP contribution in [0.3, 0.4) is 0 Å². The maximum absolute atomic E-state index is 13.9. The van der Waals surface area contributed by atoms with Gasteiger partial charge in [-0.2, -0.15) is 8.78 Å². The van der Waals surface area contributed by atoms with Gasteiger partial charge in [0.25, 0.3) is 5.92 Å². The number of hydrogen-bond donors (Lipinski definition) is 0. The van der Waals surface area contributed by atoms with Gasteiger partial charge in [0.1, 0.15) is 6.61 Å². The summed E-state index contributed by atoms with van der Waals surface area (Å²) in [5, 5.41) is 0. The molecule has 0 saturated carbocycles. The van der Waals surface area contributed by atoms with Crippen LogP contribution in [0.2, 0.25) is 0 Å².